The number of primary amides is 1. The Morgan fingerprint density at radius 1 is 0.642 bits per heavy atom. The van der Waals surface area contributed by atoms with Crippen LogP contribution in [0.5, 0.6) is 11.5 Å². The lowest BCUT2D eigenvalue weighted by Crippen LogP contribution is -2.64. The van der Waals surface area contributed by atoms with E-state index in [1.54, 1.807) is 53.8 Å². The van der Waals surface area contributed by atoms with Gasteiger partial charge >= 0.3 is 5.97 Å². The van der Waals surface area contributed by atoms with Crippen LogP contribution >= 0.6 is 0 Å². The lowest BCUT2D eigenvalue weighted by molar-refractivity contribution is -0.142. The summed E-state index contributed by atoms with van der Waals surface area (Å²) >= 11 is 0. The fourth-order valence-corrected chi connectivity index (χ4v) is 9.29. The molecule has 23 nitrogen and oxygen atoms in total. The van der Waals surface area contributed by atoms with Crippen LogP contribution in [0.4, 0.5) is 0 Å². The van der Waals surface area contributed by atoms with Gasteiger partial charge in [0.25, 0.3) is 0 Å². The van der Waals surface area contributed by atoms with E-state index in [4.69, 9.17) is 5.73 Å². The van der Waals surface area contributed by atoms with Crippen molar-refractivity contribution in [2.24, 2.45) is 17.6 Å². The van der Waals surface area contributed by atoms with Crippen LogP contribution in [0, 0.1) is 11.8 Å². The highest BCUT2D eigenvalue weighted by Crippen LogP contribution is 2.21. The summed E-state index contributed by atoms with van der Waals surface area (Å²) in [5.41, 5.74) is 3.51. The molecule has 0 aromatic heterocycles. The second kappa shape index (κ2) is 32.4. The molecule has 8 atom stereocenters. The molecule has 1 aliphatic rings. The first-order valence-corrected chi connectivity index (χ1v) is 27.6. The second-order valence-electron chi connectivity index (χ2n) is 22.0. The van der Waals surface area contributed by atoms with Crippen LogP contribution in [0.2, 0.25) is 0 Å². The van der Waals surface area contributed by atoms with Crippen LogP contribution in [-0.4, -0.2) is 147 Å². The standard InChI is InChI=1S/C58H86N10O13/c1-10-12-14-26-57(7,60-9)55(80)66-45(33-48(72)73)53(78)62-41(29-35(3)4)51(76)63-42(30-36(5)6)54(79)67-58(8,27-15-13-11-2)56(81)65-44(32-38-20-24-40(70)25-21-38)52(77)64-43(31-37-18-22-39(69)23-19-37)50(75)61-34-47(71)68-28-16-17-46(68)49(59)74/h10-11,18-25,35-36,41-46,60,69-70H,1-2,12-17,26-34H2,3-9H3,(H2,59,74)(H,61,75)(H,62,78)(H,63,76)(H,64,77)(H,65,81)(H,66,80)(H,67,79)(H,72,73)/t41-,42-,43-,44?,45-,46-,57+,58+/m0/s1. The number of unbranched alkanes of at least 4 members (excludes halogenated alkanes) is 2. The smallest absolute Gasteiger partial charge is 0.305 e. The van der Waals surface area contributed by atoms with Gasteiger partial charge in [-0.2, -0.15) is 0 Å². The fraction of sp³-hybridized carbons (Fsp3) is 0.552. The van der Waals surface area contributed by atoms with Crippen molar-refractivity contribution in [3.8, 4) is 11.5 Å². The highest BCUT2D eigenvalue weighted by molar-refractivity contribution is 6.00. The van der Waals surface area contributed by atoms with E-state index in [1.807, 2.05) is 0 Å². The number of phenols is 2. The van der Waals surface area contributed by atoms with Gasteiger partial charge in [0.2, 0.25) is 53.2 Å². The van der Waals surface area contributed by atoms with Crippen LogP contribution in [0.25, 0.3) is 0 Å². The minimum atomic E-state index is -1.80. The summed E-state index contributed by atoms with van der Waals surface area (Å²) in [6, 6.07) is 3.76. The molecule has 446 valence electrons. The zero-order valence-electron chi connectivity index (χ0n) is 47.9. The summed E-state index contributed by atoms with van der Waals surface area (Å²) in [5.74, 6) is -8.88. The second-order valence-corrected chi connectivity index (χ2v) is 22.0. The molecule has 0 spiro atoms. The number of carbonyl (C=O) groups is 10. The quantitative estimate of drug-likeness (QED) is 0.0347. The minimum Gasteiger partial charge on any atom is -0.508 e. The maximum atomic E-state index is 14.9. The van der Waals surface area contributed by atoms with Crippen molar-refractivity contribution in [1.82, 2.24) is 47.4 Å². The predicted molar refractivity (Wildman–Crippen MR) is 303 cm³/mol. The molecule has 0 bridgehead atoms. The fourth-order valence-electron chi connectivity index (χ4n) is 9.29. The summed E-state index contributed by atoms with van der Waals surface area (Å²) in [6.07, 6.45) is 5.38. The Morgan fingerprint density at radius 2 is 1.07 bits per heavy atom. The highest BCUT2D eigenvalue weighted by atomic mass is 16.4. The van der Waals surface area contributed by atoms with E-state index in [9.17, 15) is 63.3 Å². The highest BCUT2D eigenvalue weighted by Gasteiger charge is 2.41. The number of amides is 9. The van der Waals surface area contributed by atoms with Crippen molar-refractivity contribution in [2.75, 3.05) is 20.1 Å². The molecule has 23 heteroatoms. The van der Waals surface area contributed by atoms with E-state index in [2.05, 4.69) is 55.7 Å². The van der Waals surface area contributed by atoms with Crippen molar-refractivity contribution in [1.29, 1.82) is 0 Å². The molecule has 1 fully saturated rings. The van der Waals surface area contributed by atoms with Gasteiger partial charge in [-0.3, -0.25) is 47.9 Å². The molecule has 1 aliphatic heterocycles. The molecule has 1 heterocycles. The number of aliphatic carboxylic acids is 1. The first kappa shape index (κ1) is 67.5. The van der Waals surface area contributed by atoms with Gasteiger partial charge in [0.15, 0.2) is 0 Å². The number of benzene rings is 2. The number of likely N-dealkylation sites (N-methyl/N-ethyl adjacent to an activating group) is 1. The van der Waals surface area contributed by atoms with Gasteiger partial charge in [-0.05, 0) is 132 Å². The summed E-state index contributed by atoms with van der Waals surface area (Å²) in [6.45, 7) is 17.5. The Morgan fingerprint density at radius 3 is 1.54 bits per heavy atom. The van der Waals surface area contributed by atoms with Gasteiger partial charge in [-0.1, -0.05) is 64.1 Å². The lowest BCUT2D eigenvalue weighted by atomic mass is 9.91. The molecule has 81 heavy (non-hydrogen) atoms. The van der Waals surface area contributed by atoms with Crippen molar-refractivity contribution in [3.63, 3.8) is 0 Å². The number of hydrogen-bond acceptors (Lipinski definition) is 13. The molecule has 13 N–H and O–H groups in total. The number of nitrogens with zero attached hydrogens (tertiary/aromatic N) is 1. The summed E-state index contributed by atoms with van der Waals surface area (Å²) in [4.78, 5) is 139. The normalized spacial score (nSPS) is 16.4. The Balaban J connectivity index is 1.98. The third-order valence-corrected chi connectivity index (χ3v) is 14.1. The number of nitrogens with two attached hydrogens (primary N) is 1. The van der Waals surface area contributed by atoms with E-state index >= 15 is 0 Å². The summed E-state index contributed by atoms with van der Waals surface area (Å²) < 4.78 is 0. The zero-order valence-corrected chi connectivity index (χ0v) is 47.9. The average molecular weight is 1130 g/mol. The van der Waals surface area contributed by atoms with Crippen molar-refractivity contribution in [3.05, 3.63) is 85.0 Å². The minimum absolute atomic E-state index is 0.0103. The molecule has 2 aromatic carbocycles. The number of nitrogens with one attached hydrogen (secondary N) is 8. The average Bonchev–Trinajstić information content (AvgIpc) is 3.92. The zero-order chi connectivity index (χ0) is 60.6. The van der Waals surface area contributed by atoms with E-state index in [-0.39, 0.29) is 62.0 Å². The molecule has 0 aliphatic carbocycles. The number of allylic oxidation sites excluding steroid dienone is 2. The number of rotatable bonds is 35. The number of carboxylic acids is 1. The van der Waals surface area contributed by atoms with E-state index < -0.39 is 119 Å². The molecule has 0 radical (unpaired) electrons. The Hall–Kier alpha value is -7.82. The maximum absolute atomic E-state index is 14.9. The van der Waals surface area contributed by atoms with E-state index in [0.717, 1.165) is 0 Å². The first-order valence-electron chi connectivity index (χ1n) is 27.6. The SMILES string of the molecule is C=CCCC[C@@](C)(NC)C(=O)N[C@@H](CC(=O)O)C(=O)N[C@@H](CC(C)C)C(=O)N[C@@H](CC(C)C)C(=O)N[C@](C)(CCCC=C)C(=O)NC(Cc1ccc(O)cc1)C(=O)N[C@@H](Cc1ccc(O)cc1)C(=O)NCC(=O)N1CCC[C@H]1C(N)=O. The number of carbonyl (C=O) groups excluding carboxylic acids is 9. The lowest BCUT2D eigenvalue weighted by Gasteiger charge is -2.34. The van der Waals surface area contributed by atoms with Crippen molar-refractivity contribution >= 4 is 59.1 Å². The Labute approximate surface area is 474 Å². The van der Waals surface area contributed by atoms with Gasteiger partial charge in [-0.15, -0.1) is 13.2 Å². The van der Waals surface area contributed by atoms with Crippen LogP contribution in [0.1, 0.15) is 123 Å². The van der Waals surface area contributed by atoms with Crippen LogP contribution in [0.3, 0.4) is 0 Å². The Kier molecular flexibility index (Phi) is 27.0. The van der Waals surface area contributed by atoms with Gasteiger partial charge in [0.1, 0.15) is 53.3 Å². The number of carboxylic acid groups (broad SMARTS) is 1. The maximum Gasteiger partial charge on any atom is 0.305 e. The number of hydrogen-bond donors (Lipinski definition) is 12. The largest absolute Gasteiger partial charge is 0.508 e. The van der Waals surface area contributed by atoms with Crippen LogP contribution < -0.4 is 48.3 Å². The first-order chi connectivity index (χ1) is 38.1. The van der Waals surface area contributed by atoms with Gasteiger partial charge < -0.3 is 68.5 Å². The Bertz CT molecular complexity index is 2520. The molecular weight excluding hydrogens is 1040 g/mol. The molecule has 0 saturated carbocycles. The monoisotopic (exact) mass is 1130 g/mol. The van der Waals surface area contributed by atoms with Crippen molar-refractivity contribution in [2.45, 2.75) is 172 Å². The van der Waals surface area contributed by atoms with Crippen LogP contribution in [0.15, 0.2) is 73.8 Å². The predicted octanol–water partition coefficient (Wildman–Crippen LogP) is 2.03. The number of aromatic hydroxyl groups is 2. The molecule has 1 unspecified atom stereocenters. The third-order valence-electron chi connectivity index (χ3n) is 14.1. The van der Waals surface area contributed by atoms with Gasteiger partial charge in [-0.25, -0.2) is 0 Å². The third kappa shape index (κ3) is 22.0. The molecule has 3 rings (SSSR count). The number of phenolic OH excluding ortho intramolecular Hbond substituents is 2. The van der Waals surface area contributed by atoms with Gasteiger partial charge in [0, 0.05) is 19.4 Å². The summed E-state index contributed by atoms with van der Waals surface area (Å²) in [5, 5.41) is 51.6. The molecular formula is C58H86N10O13. The van der Waals surface area contributed by atoms with E-state index in [1.165, 1.54) is 60.4 Å². The topological polar surface area (TPSA) is 357 Å². The summed E-state index contributed by atoms with van der Waals surface area (Å²) in [7, 11) is 1.56. The molecule has 2 aromatic rings. The van der Waals surface area contributed by atoms with Crippen LogP contribution in [-0.2, 0) is 60.8 Å². The molecule has 9 amide bonds. The van der Waals surface area contributed by atoms with E-state index in [0.29, 0.717) is 56.1 Å². The van der Waals surface area contributed by atoms with Gasteiger partial charge in [0.05, 0.1) is 18.5 Å². The molecule has 1 saturated heterocycles. The van der Waals surface area contributed by atoms with Crippen molar-refractivity contribution < 1.29 is 63.3 Å². The number of likely N-dealkylation sites (tertiary alicyclic amines) is 1.